The first-order valence-electron chi connectivity index (χ1n) is 5.32. The van der Waals surface area contributed by atoms with Gasteiger partial charge in [-0.2, -0.15) is 0 Å². The smallest absolute Gasteiger partial charge is 0.328 e. The lowest BCUT2D eigenvalue weighted by Crippen LogP contribution is -2.42. The molecule has 20 heavy (non-hydrogen) atoms. The fourth-order valence-electron chi connectivity index (χ4n) is 1.26. The molecular weight excluding hydrogens is 377 g/mol. The number of anilines is 1. The minimum atomic E-state index is -4.42. The van der Waals surface area contributed by atoms with Crippen LogP contribution in [-0.4, -0.2) is 20.5 Å². The Labute approximate surface area is 129 Å². The number of carbonyl (C=O) groups excluding carboxylic acids is 1. The van der Waals surface area contributed by atoms with Crippen molar-refractivity contribution in [2.75, 3.05) is 5.73 Å². The van der Waals surface area contributed by atoms with Crippen LogP contribution in [0.15, 0.2) is 15.4 Å². The van der Waals surface area contributed by atoms with Crippen molar-refractivity contribution in [2.45, 2.75) is 24.8 Å². The second kappa shape index (κ2) is 6.15. The van der Waals surface area contributed by atoms with Gasteiger partial charge >= 0.3 is 6.03 Å². The maximum atomic E-state index is 13.9. The third-order valence-electron chi connectivity index (χ3n) is 2.09. The van der Waals surface area contributed by atoms with Crippen LogP contribution in [0.25, 0.3) is 0 Å². The van der Waals surface area contributed by atoms with Crippen LogP contribution in [0.2, 0.25) is 5.02 Å². The summed E-state index contributed by atoms with van der Waals surface area (Å²) in [7, 11) is -4.42. The lowest BCUT2D eigenvalue weighted by Gasteiger charge is -2.13. The fraction of sp³-hybridized carbons (Fsp3) is 0.300. The zero-order valence-electron chi connectivity index (χ0n) is 10.5. The number of nitrogens with two attached hydrogens (primary N) is 1. The van der Waals surface area contributed by atoms with Gasteiger partial charge < -0.3 is 11.1 Å². The number of nitrogens with one attached hydrogen (secondary N) is 2. The number of urea groups is 1. The molecule has 1 rings (SSSR count). The summed E-state index contributed by atoms with van der Waals surface area (Å²) in [5.41, 5.74) is 4.94. The summed E-state index contributed by atoms with van der Waals surface area (Å²) in [6.07, 6.45) is 0. The van der Waals surface area contributed by atoms with Crippen molar-refractivity contribution in [3.63, 3.8) is 0 Å². The highest BCUT2D eigenvalue weighted by molar-refractivity contribution is 9.10. The van der Waals surface area contributed by atoms with Gasteiger partial charge in [0.1, 0.15) is 4.90 Å². The monoisotopic (exact) mass is 387 g/mol. The second-order valence-corrected chi connectivity index (χ2v) is 6.98. The van der Waals surface area contributed by atoms with E-state index in [1.807, 2.05) is 0 Å². The summed E-state index contributed by atoms with van der Waals surface area (Å²) in [4.78, 5) is 10.6. The maximum absolute atomic E-state index is 13.9. The molecule has 0 heterocycles. The number of nitrogen functional groups attached to an aromatic ring is 1. The average molecular weight is 389 g/mol. The van der Waals surface area contributed by atoms with Gasteiger partial charge in [-0.05, 0) is 35.8 Å². The Morgan fingerprint density at radius 3 is 2.55 bits per heavy atom. The number of hydrogen-bond donors (Lipinski definition) is 3. The minimum absolute atomic E-state index is 0.0437. The molecule has 0 aliphatic heterocycles. The van der Waals surface area contributed by atoms with E-state index < -0.39 is 32.5 Å². The molecule has 0 unspecified atom stereocenters. The van der Waals surface area contributed by atoms with Gasteiger partial charge in [0.15, 0.2) is 5.82 Å². The Morgan fingerprint density at radius 1 is 1.50 bits per heavy atom. The molecule has 0 bridgehead atoms. The van der Waals surface area contributed by atoms with E-state index in [0.29, 0.717) is 0 Å². The van der Waals surface area contributed by atoms with Gasteiger partial charge in [0.05, 0.1) is 15.2 Å². The van der Waals surface area contributed by atoms with Crippen molar-refractivity contribution in [3.05, 3.63) is 21.4 Å². The molecular formula is C10H12BrClFN3O3S. The van der Waals surface area contributed by atoms with Crippen LogP contribution in [0.4, 0.5) is 14.9 Å². The number of carbonyl (C=O) groups is 1. The number of amides is 2. The molecule has 4 N–H and O–H groups in total. The predicted molar refractivity (Wildman–Crippen MR) is 77.5 cm³/mol. The van der Waals surface area contributed by atoms with Gasteiger partial charge in [0, 0.05) is 6.04 Å². The maximum Gasteiger partial charge on any atom is 0.328 e. The molecule has 0 aliphatic rings. The molecule has 0 atom stereocenters. The standard InChI is InChI=1S/C10H12BrClFN3O3S/c1-4(2)15-10(17)16-20(18,19)6-3-5(12)7(11)9(14)8(6)13/h3-4H,14H2,1-2H3,(H2,15,16,17). The Hall–Kier alpha value is -1.06. The molecule has 0 saturated carbocycles. The molecule has 0 radical (unpaired) electrons. The van der Waals surface area contributed by atoms with Crippen LogP contribution in [-0.2, 0) is 10.0 Å². The topological polar surface area (TPSA) is 101 Å². The van der Waals surface area contributed by atoms with Gasteiger partial charge in [-0.15, -0.1) is 0 Å². The van der Waals surface area contributed by atoms with Crippen LogP contribution < -0.4 is 15.8 Å². The van der Waals surface area contributed by atoms with Crippen molar-refractivity contribution in [1.29, 1.82) is 0 Å². The first-order valence-corrected chi connectivity index (χ1v) is 7.98. The molecule has 1 aromatic rings. The van der Waals surface area contributed by atoms with Crippen LogP contribution in [0.5, 0.6) is 0 Å². The molecule has 0 saturated heterocycles. The summed E-state index contributed by atoms with van der Waals surface area (Å²) in [5, 5.41) is 2.21. The van der Waals surface area contributed by atoms with E-state index in [1.54, 1.807) is 18.6 Å². The summed E-state index contributed by atoms with van der Waals surface area (Å²) < 4.78 is 39.4. The van der Waals surface area contributed by atoms with E-state index >= 15 is 0 Å². The Morgan fingerprint density at radius 2 is 2.05 bits per heavy atom. The highest BCUT2D eigenvalue weighted by Crippen LogP contribution is 2.34. The van der Waals surface area contributed by atoms with Gasteiger partial charge in [-0.3, -0.25) is 0 Å². The number of halogens is 3. The van der Waals surface area contributed by atoms with Crippen LogP contribution in [0, 0.1) is 5.82 Å². The summed E-state index contributed by atoms with van der Waals surface area (Å²) in [5.74, 6) is -1.19. The molecule has 6 nitrogen and oxygen atoms in total. The van der Waals surface area contributed by atoms with Crippen molar-refractivity contribution in [1.82, 2.24) is 10.0 Å². The van der Waals surface area contributed by atoms with Crippen molar-refractivity contribution in [3.8, 4) is 0 Å². The number of sulfonamides is 1. The van der Waals surface area contributed by atoms with E-state index in [-0.39, 0.29) is 15.5 Å². The zero-order valence-corrected chi connectivity index (χ0v) is 13.7. The average Bonchev–Trinajstić information content (AvgIpc) is 2.29. The third kappa shape index (κ3) is 3.74. The van der Waals surface area contributed by atoms with Crippen LogP contribution >= 0.6 is 27.5 Å². The summed E-state index contributed by atoms with van der Waals surface area (Å²) >= 11 is 8.65. The van der Waals surface area contributed by atoms with Gasteiger partial charge in [-0.25, -0.2) is 22.3 Å². The van der Waals surface area contributed by atoms with Gasteiger partial charge in [-0.1, -0.05) is 11.6 Å². The molecule has 0 fully saturated rings. The van der Waals surface area contributed by atoms with E-state index in [1.165, 1.54) is 0 Å². The fourth-order valence-corrected chi connectivity index (χ4v) is 2.86. The molecule has 2 amide bonds. The molecule has 0 aromatic heterocycles. The number of hydrogen-bond acceptors (Lipinski definition) is 4. The summed E-state index contributed by atoms with van der Waals surface area (Å²) in [6, 6.07) is -0.395. The lowest BCUT2D eigenvalue weighted by atomic mass is 10.3. The molecule has 1 aromatic carbocycles. The number of benzene rings is 1. The van der Waals surface area contributed by atoms with Crippen LogP contribution in [0.3, 0.4) is 0 Å². The van der Waals surface area contributed by atoms with Gasteiger partial charge in [0.25, 0.3) is 10.0 Å². The normalized spacial score (nSPS) is 11.5. The van der Waals surface area contributed by atoms with Crippen molar-refractivity contribution in [2.24, 2.45) is 0 Å². The Balaban J connectivity index is 3.20. The third-order valence-corrected chi connectivity index (χ3v) is 4.80. The van der Waals surface area contributed by atoms with E-state index in [0.717, 1.165) is 6.07 Å². The molecule has 112 valence electrons. The highest BCUT2D eigenvalue weighted by Gasteiger charge is 2.26. The second-order valence-electron chi connectivity index (χ2n) is 4.13. The predicted octanol–water partition coefficient (Wildman–Crippen LogP) is 2.22. The lowest BCUT2D eigenvalue weighted by molar-refractivity contribution is 0.243. The first kappa shape index (κ1) is 17.0. The van der Waals surface area contributed by atoms with Crippen molar-refractivity contribution < 1.29 is 17.6 Å². The zero-order chi connectivity index (χ0) is 15.7. The van der Waals surface area contributed by atoms with E-state index in [9.17, 15) is 17.6 Å². The van der Waals surface area contributed by atoms with Crippen molar-refractivity contribution >= 4 is 49.3 Å². The van der Waals surface area contributed by atoms with Gasteiger partial charge in [0.2, 0.25) is 0 Å². The van der Waals surface area contributed by atoms with E-state index in [2.05, 4.69) is 21.2 Å². The van der Waals surface area contributed by atoms with E-state index in [4.69, 9.17) is 17.3 Å². The van der Waals surface area contributed by atoms with Crippen LogP contribution in [0.1, 0.15) is 13.8 Å². The summed E-state index contributed by atoms with van der Waals surface area (Å²) in [6.45, 7) is 3.28. The molecule has 0 spiro atoms. The highest BCUT2D eigenvalue weighted by atomic mass is 79.9. The largest absolute Gasteiger partial charge is 0.395 e. The quantitative estimate of drug-likeness (QED) is 0.546. The molecule has 0 aliphatic carbocycles. The minimum Gasteiger partial charge on any atom is -0.395 e. The SMILES string of the molecule is CC(C)NC(=O)NS(=O)(=O)c1cc(Cl)c(Br)c(N)c1F. The first-order chi connectivity index (χ1) is 9.06. The molecule has 10 heteroatoms. The Kier molecular flexibility index (Phi) is 5.22. The Bertz CT molecular complexity index is 652. The number of rotatable bonds is 3.